The number of hydrogen-bond acceptors (Lipinski definition) is 11. The van der Waals surface area contributed by atoms with Gasteiger partial charge in [0.25, 0.3) is 25.8 Å². The molecule has 2 aromatic heterocycles. The SMILES string of the molecule is Cc1cc(Nc2ccc(S(=O)(=O)O)cc2S(=O)(=O)O)c2c3c(c(S(C)=O)c(=O)n(-c4nc5ccc(C(=O)O)cc5s4)c13)-c1ccccc1C2=O. The van der Waals surface area contributed by atoms with Gasteiger partial charge in [-0.2, -0.15) is 16.8 Å². The van der Waals surface area contributed by atoms with Crippen LogP contribution in [-0.4, -0.2) is 62.8 Å². The molecule has 0 saturated heterocycles. The van der Waals surface area contributed by atoms with Gasteiger partial charge >= 0.3 is 5.97 Å². The van der Waals surface area contributed by atoms with Crippen LogP contribution in [0, 0.1) is 6.92 Å². The number of hydrogen-bond donors (Lipinski definition) is 4. The van der Waals surface area contributed by atoms with Gasteiger partial charge < -0.3 is 10.4 Å². The van der Waals surface area contributed by atoms with Gasteiger partial charge in [-0.1, -0.05) is 35.6 Å². The summed E-state index contributed by atoms with van der Waals surface area (Å²) >= 11 is 1.00. The highest BCUT2D eigenvalue weighted by molar-refractivity contribution is 7.86. The number of ketones is 1. The number of carboxylic acids is 1. The molecule has 0 radical (unpaired) electrons. The Bertz CT molecular complexity index is 2860. The first-order valence-electron chi connectivity index (χ1n) is 14.2. The first kappa shape index (κ1) is 33.4. The van der Waals surface area contributed by atoms with Crippen molar-refractivity contribution < 1.29 is 44.8 Å². The minimum atomic E-state index is -5.10. The van der Waals surface area contributed by atoms with Crippen LogP contribution in [-0.2, 0) is 31.0 Å². The largest absolute Gasteiger partial charge is 0.478 e. The lowest BCUT2D eigenvalue weighted by atomic mass is 9.82. The van der Waals surface area contributed by atoms with Crippen LogP contribution in [0.25, 0.3) is 37.4 Å². The molecule has 1 aliphatic carbocycles. The van der Waals surface area contributed by atoms with Crippen molar-refractivity contribution in [3.05, 3.63) is 99.3 Å². The number of thiazole rings is 1. The zero-order valence-electron chi connectivity index (χ0n) is 25.5. The number of aryl methyl sites for hydroxylation is 1. The van der Waals surface area contributed by atoms with E-state index in [1.165, 1.54) is 41.2 Å². The molecule has 0 bridgehead atoms. The van der Waals surface area contributed by atoms with Crippen LogP contribution in [0.4, 0.5) is 11.4 Å². The van der Waals surface area contributed by atoms with Gasteiger partial charge in [-0.15, -0.1) is 0 Å². The molecule has 6 aromatic rings. The Morgan fingerprint density at radius 2 is 1.60 bits per heavy atom. The van der Waals surface area contributed by atoms with E-state index in [9.17, 15) is 49.6 Å². The molecule has 1 aliphatic rings. The summed E-state index contributed by atoms with van der Waals surface area (Å²) in [6.45, 7) is 1.61. The van der Waals surface area contributed by atoms with Crippen LogP contribution in [0.5, 0.6) is 0 Å². The number of carbonyl (C=O) groups is 2. The minimum Gasteiger partial charge on any atom is -0.478 e. The maximum absolute atomic E-state index is 14.5. The minimum absolute atomic E-state index is 0.00437. The van der Waals surface area contributed by atoms with Crippen LogP contribution in [0.1, 0.15) is 31.8 Å². The third kappa shape index (κ3) is 5.24. The highest BCUT2D eigenvalue weighted by atomic mass is 32.2. The predicted molar refractivity (Wildman–Crippen MR) is 185 cm³/mol. The molecular weight excluding hydrogens is 731 g/mol. The van der Waals surface area contributed by atoms with Crippen LogP contribution in [0.15, 0.2) is 86.2 Å². The number of carbonyl (C=O) groups excluding carboxylic acids is 1. The first-order chi connectivity index (χ1) is 23.5. The second-order valence-electron chi connectivity index (χ2n) is 11.2. The second kappa shape index (κ2) is 11.5. The van der Waals surface area contributed by atoms with E-state index in [0.29, 0.717) is 27.4 Å². The van der Waals surface area contributed by atoms with Crippen LogP contribution in [0.2, 0.25) is 0 Å². The fraction of sp³-hybridized carbons (Fsp3) is 0.0625. The van der Waals surface area contributed by atoms with Gasteiger partial charge in [-0.25, -0.2) is 9.78 Å². The summed E-state index contributed by atoms with van der Waals surface area (Å²) in [6.07, 6.45) is 1.31. The summed E-state index contributed by atoms with van der Waals surface area (Å²) in [6, 6.07) is 14.5. The van der Waals surface area contributed by atoms with E-state index in [-0.39, 0.29) is 54.6 Å². The summed E-state index contributed by atoms with van der Waals surface area (Å²) in [4.78, 5) is 43.2. The molecule has 7 rings (SSSR count). The Hall–Kier alpha value is -5.11. The maximum atomic E-state index is 14.5. The van der Waals surface area contributed by atoms with Crippen molar-refractivity contribution in [1.29, 1.82) is 0 Å². The van der Waals surface area contributed by atoms with Gasteiger partial charge in [0.1, 0.15) is 9.79 Å². The summed E-state index contributed by atoms with van der Waals surface area (Å²) in [5.41, 5.74) is 0.505. The number of nitrogens with one attached hydrogen (secondary N) is 1. The fourth-order valence-corrected chi connectivity index (χ4v) is 9.20. The number of fused-ring (bicyclic) bond motifs is 3. The number of benzene rings is 4. The molecule has 50 heavy (non-hydrogen) atoms. The molecule has 18 heteroatoms. The molecule has 0 aliphatic heterocycles. The molecular formula is C32H21N3O11S4. The normalized spacial score (nSPS) is 13.4. The number of aromatic nitrogens is 2. The van der Waals surface area contributed by atoms with Crippen molar-refractivity contribution in [1.82, 2.24) is 9.55 Å². The number of pyridine rings is 1. The lowest BCUT2D eigenvalue weighted by Gasteiger charge is -2.27. The summed E-state index contributed by atoms with van der Waals surface area (Å²) in [5, 5.41) is 12.6. The summed E-state index contributed by atoms with van der Waals surface area (Å²) < 4.78 is 83.0. The third-order valence-electron chi connectivity index (χ3n) is 8.16. The number of rotatable bonds is 7. The smallest absolute Gasteiger partial charge is 0.335 e. The molecule has 254 valence electrons. The zero-order chi connectivity index (χ0) is 36.0. The van der Waals surface area contributed by atoms with Gasteiger partial charge in [0.15, 0.2) is 10.9 Å². The van der Waals surface area contributed by atoms with Crippen molar-refractivity contribution in [2.45, 2.75) is 21.6 Å². The molecule has 4 N–H and O–H groups in total. The van der Waals surface area contributed by atoms with Crippen molar-refractivity contribution in [3.8, 4) is 16.3 Å². The lowest BCUT2D eigenvalue weighted by Crippen LogP contribution is -2.27. The molecule has 0 amide bonds. The number of anilines is 2. The van der Waals surface area contributed by atoms with Gasteiger partial charge in [-0.05, 0) is 60.5 Å². The predicted octanol–water partition coefficient (Wildman–Crippen LogP) is 4.79. The van der Waals surface area contributed by atoms with Crippen LogP contribution in [0.3, 0.4) is 0 Å². The highest BCUT2D eigenvalue weighted by Crippen LogP contribution is 2.46. The second-order valence-corrected chi connectivity index (χ2v) is 16.4. The van der Waals surface area contributed by atoms with Crippen molar-refractivity contribution in [3.63, 3.8) is 0 Å². The van der Waals surface area contributed by atoms with Crippen molar-refractivity contribution in [2.75, 3.05) is 11.6 Å². The Morgan fingerprint density at radius 1 is 0.900 bits per heavy atom. The van der Waals surface area contributed by atoms with E-state index in [4.69, 9.17) is 0 Å². The van der Waals surface area contributed by atoms with E-state index < -0.39 is 58.1 Å². The van der Waals surface area contributed by atoms with E-state index in [1.54, 1.807) is 25.1 Å². The average molecular weight is 752 g/mol. The van der Waals surface area contributed by atoms with E-state index in [1.807, 2.05) is 0 Å². The Labute approximate surface area is 288 Å². The van der Waals surface area contributed by atoms with Crippen molar-refractivity contribution in [2.24, 2.45) is 0 Å². The quantitative estimate of drug-likeness (QED) is 0.161. The highest BCUT2D eigenvalue weighted by Gasteiger charge is 2.35. The molecule has 2 heterocycles. The van der Waals surface area contributed by atoms with Gasteiger partial charge in [0, 0.05) is 22.8 Å². The van der Waals surface area contributed by atoms with E-state index in [0.717, 1.165) is 23.5 Å². The van der Waals surface area contributed by atoms with E-state index >= 15 is 0 Å². The number of carboxylic acid groups (broad SMARTS) is 1. The van der Waals surface area contributed by atoms with Gasteiger partial charge in [-0.3, -0.25) is 27.5 Å². The van der Waals surface area contributed by atoms with Crippen molar-refractivity contribution >= 4 is 86.6 Å². The lowest BCUT2D eigenvalue weighted by molar-refractivity contribution is 0.0696. The average Bonchev–Trinajstić information content (AvgIpc) is 3.46. The van der Waals surface area contributed by atoms with Crippen LogP contribution >= 0.6 is 11.3 Å². The molecule has 4 aromatic carbocycles. The van der Waals surface area contributed by atoms with Crippen LogP contribution < -0.4 is 10.9 Å². The Kier molecular flexibility index (Phi) is 7.66. The molecule has 0 spiro atoms. The summed E-state index contributed by atoms with van der Waals surface area (Å²) in [7, 11) is -11.9. The zero-order valence-corrected chi connectivity index (χ0v) is 28.8. The maximum Gasteiger partial charge on any atom is 0.335 e. The molecule has 0 fully saturated rings. The molecule has 1 unspecified atom stereocenters. The molecule has 1 atom stereocenters. The standard InChI is InChI=1S/C32H21N3O11S4/c1-14-11-21(33-20-10-8-16(49(41,42)43)13-23(20)50(44,45)46)25-26-24(17-5-3-4-6-18(17)28(25)36)29(48(2)40)30(37)35(27(14)26)32-34-19-9-7-15(31(38)39)12-22(19)47-32/h3-13,33H,1-2H3,(H,38,39)(H,41,42,43)(H,44,45,46). The first-order valence-corrected chi connectivity index (χ1v) is 19.5. The molecule has 0 saturated carbocycles. The number of aromatic carboxylic acids is 1. The van der Waals surface area contributed by atoms with Gasteiger partial charge in [0.2, 0.25) is 0 Å². The number of nitrogens with zero attached hydrogens (tertiary/aromatic N) is 2. The Morgan fingerprint density at radius 3 is 2.24 bits per heavy atom. The Balaban J connectivity index is 1.61. The van der Waals surface area contributed by atoms with E-state index in [2.05, 4.69) is 10.3 Å². The fourth-order valence-electron chi connectivity index (χ4n) is 6.10. The topological polar surface area (TPSA) is 227 Å². The van der Waals surface area contributed by atoms with Gasteiger partial charge in [0.05, 0.1) is 53.9 Å². The third-order valence-corrected chi connectivity index (χ3v) is 11.9. The summed E-state index contributed by atoms with van der Waals surface area (Å²) in [5.74, 6) is -1.72. The molecule has 14 nitrogen and oxygen atoms in total. The monoisotopic (exact) mass is 751 g/mol.